The molecular formula is C25H22N8O2. The fourth-order valence-electron chi connectivity index (χ4n) is 4.31. The lowest BCUT2D eigenvalue weighted by atomic mass is 10.1. The molecule has 1 aliphatic rings. The average Bonchev–Trinajstić information content (AvgIpc) is 3.53. The van der Waals surface area contributed by atoms with Gasteiger partial charge >= 0.3 is 6.03 Å². The van der Waals surface area contributed by atoms with Crippen LogP contribution in [0.4, 0.5) is 22.0 Å². The van der Waals surface area contributed by atoms with Crippen molar-refractivity contribution in [1.82, 2.24) is 29.9 Å². The van der Waals surface area contributed by atoms with Crippen LogP contribution in [-0.2, 0) is 13.6 Å². The van der Waals surface area contributed by atoms with Gasteiger partial charge in [0, 0.05) is 41.5 Å². The summed E-state index contributed by atoms with van der Waals surface area (Å²) in [6.45, 7) is 2.79. The van der Waals surface area contributed by atoms with E-state index in [-0.39, 0.29) is 6.03 Å². The highest BCUT2D eigenvalue weighted by Crippen LogP contribution is 2.38. The Kier molecular flexibility index (Phi) is 4.91. The molecule has 5 aromatic rings. The number of ether oxygens (including phenoxy) is 1. The fraction of sp³-hybridized carbons (Fsp3) is 0.160. The molecule has 3 aromatic heterocycles. The maximum Gasteiger partial charge on any atom is 0.335 e. The SMILES string of the molecule is CCOc1ccc2c(n1)N(c1ccc(-c3nnc[nH]3)cc1)C(=O)N(c1ccc3nn(C)cc3c1)C2. The van der Waals surface area contributed by atoms with Gasteiger partial charge in [-0.2, -0.15) is 10.1 Å². The van der Waals surface area contributed by atoms with E-state index in [9.17, 15) is 4.79 Å². The maximum atomic E-state index is 13.9. The zero-order valence-corrected chi connectivity index (χ0v) is 19.2. The van der Waals surface area contributed by atoms with E-state index in [2.05, 4.69) is 25.3 Å². The number of nitrogens with zero attached hydrogens (tertiary/aromatic N) is 7. The lowest BCUT2D eigenvalue weighted by Crippen LogP contribution is -2.45. The number of hydrogen-bond donors (Lipinski definition) is 1. The van der Waals surface area contributed by atoms with Gasteiger partial charge in [-0.25, -0.2) is 9.69 Å². The third kappa shape index (κ3) is 3.65. The standard InChI is InChI=1S/C25H22N8O2/c1-3-35-22-11-6-17-14-32(20-9-10-21-18(12-20)13-31(2)30-21)25(34)33(24(17)28-22)19-7-4-16(5-8-19)23-26-15-27-29-23/h4-13,15H,3,14H2,1-2H3,(H,26,27,29). The number of aryl methyl sites for hydroxylation is 1. The van der Waals surface area contributed by atoms with Gasteiger partial charge in [0.25, 0.3) is 0 Å². The Morgan fingerprint density at radius 3 is 2.66 bits per heavy atom. The number of anilines is 3. The maximum absolute atomic E-state index is 13.9. The molecule has 0 radical (unpaired) electrons. The largest absolute Gasteiger partial charge is 0.478 e. The molecule has 10 nitrogen and oxygen atoms in total. The Hall–Kier alpha value is -4.73. The van der Waals surface area contributed by atoms with E-state index in [0.717, 1.165) is 27.7 Å². The predicted octanol–water partition coefficient (Wildman–Crippen LogP) is 4.43. The second-order valence-corrected chi connectivity index (χ2v) is 8.20. The van der Waals surface area contributed by atoms with Crippen LogP contribution in [0, 0.1) is 0 Å². The van der Waals surface area contributed by atoms with Gasteiger partial charge in [-0.15, -0.1) is 10.2 Å². The van der Waals surface area contributed by atoms with Gasteiger partial charge in [0.15, 0.2) is 5.82 Å². The van der Waals surface area contributed by atoms with E-state index in [4.69, 9.17) is 4.74 Å². The molecule has 0 saturated heterocycles. The molecule has 0 unspecified atom stereocenters. The van der Waals surface area contributed by atoms with Gasteiger partial charge in [0.2, 0.25) is 5.88 Å². The van der Waals surface area contributed by atoms with Crippen LogP contribution in [0.15, 0.2) is 67.1 Å². The molecule has 0 spiro atoms. The number of H-pyrrole nitrogens is 1. The Morgan fingerprint density at radius 2 is 1.89 bits per heavy atom. The van der Waals surface area contributed by atoms with Crippen molar-refractivity contribution in [3.05, 3.63) is 72.7 Å². The highest BCUT2D eigenvalue weighted by Gasteiger charge is 2.34. The Labute approximate surface area is 200 Å². The zero-order valence-electron chi connectivity index (χ0n) is 19.2. The third-order valence-corrected chi connectivity index (χ3v) is 5.91. The molecule has 6 rings (SSSR count). The van der Waals surface area contributed by atoms with Gasteiger partial charge in [-0.3, -0.25) is 9.58 Å². The summed E-state index contributed by atoms with van der Waals surface area (Å²) >= 11 is 0. The highest BCUT2D eigenvalue weighted by atomic mass is 16.5. The summed E-state index contributed by atoms with van der Waals surface area (Å²) in [5, 5.41) is 13.3. The van der Waals surface area contributed by atoms with Crippen molar-refractivity contribution in [1.29, 1.82) is 0 Å². The highest BCUT2D eigenvalue weighted by molar-refractivity contribution is 6.10. The summed E-state index contributed by atoms with van der Waals surface area (Å²) in [4.78, 5) is 25.0. The second-order valence-electron chi connectivity index (χ2n) is 8.20. The molecule has 10 heteroatoms. The molecule has 4 heterocycles. The topological polar surface area (TPSA) is 105 Å². The van der Waals surface area contributed by atoms with Crippen LogP contribution in [-0.4, -0.2) is 42.6 Å². The number of carbonyl (C=O) groups excluding carboxylic acids is 1. The number of pyridine rings is 1. The first kappa shape index (κ1) is 20.8. The monoisotopic (exact) mass is 466 g/mol. The number of urea groups is 1. The number of aromatic nitrogens is 6. The number of aromatic amines is 1. The normalized spacial score (nSPS) is 13.4. The van der Waals surface area contributed by atoms with E-state index in [1.165, 1.54) is 6.33 Å². The molecule has 0 bridgehead atoms. The van der Waals surface area contributed by atoms with Gasteiger partial charge < -0.3 is 9.72 Å². The van der Waals surface area contributed by atoms with Crippen molar-refractivity contribution in [2.75, 3.05) is 16.4 Å². The first-order valence-corrected chi connectivity index (χ1v) is 11.2. The molecule has 2 aromatic carbocycles. The number of nitrogens with one attached hydrogen (secondary N) is 1. The first-order chi connectivity index (χ1) is 17.1. The number of amides is 2. The van der Waals surface area contributed by atoms with Crippen LogP contribution < -0.4 is 14.5 Å². The third-order valence-electron chi connectivity index (χ3n) is 5.91. The summed E-state index contributed by atoms with van der Waals surface area (Å²) in [5.74, 6) is 1.70. The van der Waals surface area contributed by atoms with Gasteiger partial charge in [0.05, 0.1) is 24.4 Å². The van der Waals surface area contributed by atoms with E-state index in [1.54, 1.807) is 14.5 Å². The smallest absolute Gasteiger partial charge is 0.335 e. The summed E-state index contributed by atoms with van der Waals surface area (Å²) in [6.07, 6.45) is 3.47. The number of carbonyl (C=O) groups is 1. The lowest BCUT2D eigenvalue weighted by Gasteiger charge is -2.36. The van der Waals surface area contributed by atoms with E-state index in [1.807, 2.05) is 74.8 Å². The minimum absolute atomic E-state index is 0.200. The minimum Gasteiger partial charge on any atom is -0.478 e. The fourth-order valence-corrected chi connectivity index (χ4v) is 4.31. The summed E-state index contributed by atoms with van der Waals surface area (Å²) in [7, 11) is 1.88. The van der Waals surface area contributed by atoms with E-state index >= 15 is 0 Å². The van der Waals surface area contributed by atoms with Crippen LogP contribution in [0.2, 0.25) is 0 Å². The van der Waals surface area contributed by atoms with Crippen LogP contribution in [0.3, 0.4) is 0 Å². The molecule has 1 aliphatic heterocycles. The number of hydrogen-bond acceptors (Lipinski definition) is 6. The molecule has 0 fully saturated rings. The van der Waals surface area contributed by atoms with Crippen molar-refractivity contribution in [3.8, 4) is 17.3 Å². The van der Waals surface area contributed by atoms with Crippen molar-refractivity contribution in [2.45, 2.75) is 13.5 Å². The summed E-state index contributed by atoms with van der Waals surface area (Å²) in [5.41, 5.74) is 4.14. The van der Waals surface area contributed by atoms with Gasteiger partial charge in [-0.05, 0) is 55.5 Å². The minimum atomic E-state index is -0.200. The lowest BCUT2D eigenvalue weighted by molar-refractivity contribution is 0.252. The molecule has 0 aliphatic carbocycles. The Bertz CT molecular complexity index is 1530. The van der Waals surface area contributed by atoms with Gasteiger partial charge in [0.1, 0.15) is 12.1 Å². The van der Waals surface area contributed by atoms with Crippen LogP contribution in [0.5, 0.6) is 5.88 Å². The first-order valence-electron chi connectivity index (χ1n) is 11.2. The summed E-state index contributed by atoms with van der Waals surface area (Å²) < 4.78 is 7.40. The molecule has 1 N–H and O–H groups in total. The van der Waals surface area contributed by atoms with E-state index in [0.29, 0.717) is 36.4 Å². The van der Waals surface area contributed by atoms with Crippen LogP contribution in [0.25, 0.3) is 22.3 Å². The molecule has 35 heavy (non-hydrogen) atoms. The van der Waals surface area contributed by atoms with Crippen molar-refractivity contribution < 1.29 is 9.53 Å². The van der Waals surface area contributed by atoms with Crippen molar-refractivity contribution in [3.63, 3.8) is 0 Å². The van der Waals surface area contributed by atoms with Crippen LogP contribution >= 0.6 is 0 Å². The molecule has 0 saturated carbocycles. The molecular weight excluding hydrogens is 444 g/mol. The molecule has 2 amide bonds. The van der Waals surface area contributed by atoms with Crippen molar-refractivity contribution >= 4 is 34.1 Å². The Morgan fingerprint density at radius 1 is 1.06 bits per heavy atom. The second kappa shape index (κ2) is 8.24. The quantitative estimate of drug-likeness (QED) is 0.411. The van der Waals surface area contributed by atoms with E-state index < -0.39 is 0 Å². The Balaban J connectivity index is 1.44. The number of rotatable bonds is 5. The number of fused-ring (bicyclic) bond motifs is 2. The average molecular weight is 467 g/mol. The molecule has 174 valence electrons. The van der Waals surface area contributed by atoms with Gasteiger partial charge in [-0.1, -0.05) is 0 Å². The van der Waals surface area contributed by atoms with Crippen molar-refractivity contribution in [2.24, 2.45) is 7.05 Å². The number of benzene rings is 2. The van der Waals surface area contributed by atoms with Crippen LogP contribution in [0.1, 0.15) is 12.5 Å². The molecule has 0 atom stereocenters. The predicted molar refractivity (Wildman–Crippen MR) is 132 cm³/mol. The zero-order chi connectivity index (χ0) is 23.9. The summed E-state index contributed by atoms with van der Waals surface area (Å²) in [6, 6.07) is 17.0.